The number of hydrogen-bond donors (Lipinski definition) is 2. The van der Waals surface area contributed by atoms with Crippen LogP contribution in [0.4, 0.5) is 22.1 Å². The third kappa shape index (κ3) is 5.04. The molecule has 0 saturated carbocycles. The predicted molar refractivity (Wildman–Crippen MR) is 103 cm³/mol. The molecule has 2 N–H and O–H groups in total. The second kappa shape index (κ2) is 8.31. The lowest BCUT2D eigenvalue weighted by Gasteiger charge is -2.12. The highest BCUT2D eigenvalue weighted by molar-refractivity contribution is 5.85. The van der Waals surface area contributed by atoms with Crippen LogP contribution in [0.2, 0.25) is 0 Å². The Kier molecular flexibility index (Phi) is 5.65. The van der Waals surface area contributed by atoms with Crippen molar-refractivity contribution in [1.82, 2.24) is 15.0 Å². The van der Waals surface area contributed by atoms with Crippen LogP contribution >= 0.6 is 0 Å². The normalized spacial score (nSPS) is 10.7. The topological polar surface area (TPSA) is 98.3 Å². The van der Waals surface area contributed by atoms with Crippen LogP contribution in [0.15, 0.2) is 42.6 Å². The Bertz CT molecular complexity index is 946. The monoisotopic (exact) mass is 367 g/mol. The third-order valence-corrected chi connectivity index (χ3v) is 3.39. The quantitative estimate of drug-likeness (QED) is 0.676. The summed E-state index contributed by atoms with van der Waals surface area (Å²) in [4.78, 5) is 24.6. The molecule has 3 aromatic rings. The minimum Gasteiger partial charge on any atom is -0.491 e. The van der Waals surface area contributed by atoms with Crippen molar-refractivity contribution in [2.75, 3.05) is 17.2 Å². The van der Waals surface area contributed by atoms with Crippen molar-refractivity contribution >= 4 is 34.6 Å². The molecule has 8 nitrogen and oxygen atoms in total. The molecular weight excluding hydrogens is 346 g/mol. The molecule has 0 spiro atoms. The molecule has 3 rings (SSSR count). The minimum atomic E-state index is -0.562. The zero-order chi connectivity index (χ0) is 19.2. The number of aromatic nitrogens is 3. The zero-order valence-corrected chi connectivity index (χ0v) is 15.4. The smallest absolute Gasteiger partial charge is 0.412 e. The van der Waals surface area contributed by atoms with E-state index >= 15 is 0 Å². The number of fused-ring (bicyclic) bond motifs is 1. The van der Waals surface area contributed by atoms with Crippen LogP contribution in [0.1, 0.15) is 20.8 Å². The second-order valence-corrected chi connectivity index (χ2v) is 5.96. The van der Waals surface area contributed by atoms with E-state index in [2.05, 4.69) is 25.6 Å². The maximum Gasteiger partial charge on any atom is 0.412 e. The first-order valence-corrected chi connectivity index (χ1v) is 8.65. The van der Waals surface area contributed by atoms with E-state index in [-0.39, 0.29) is 12.7 Å². The SMILES string of the molecule is CCOC(=O)Nc1ccc2ncc(Nc3cccc(OC(C)C)c3)nc2n1. The minimum absolute atomic E-state index is 0.0928. The van der Waals surface area contributed by atoms with Crippen molar-refractivity contribution in [3.63, 3.8) is 0 Å². The van der Waals surface area contributed by atoms with Gasteiger partial charge in [0.15, 0.2) is 11.5 Å². The molecule has 0 radical (unpaired) electrons. The van der Waals surface area contributed by atoms with Gasteiger partial charge in [0.05, 0.1) is 18.9 Å². The summed E-state index contributed by atoms with van der Waals surface area (Å²) in [6.07, 6.45) is 1.15. The number of hydrogen-bond acceptors (Lipinski definition) is 7. The number of benzene rings is 1. The molecule has 1 aromatic carbocycles. The number of pyridine rings is 1. The summed E-state index contributed by atoms with van der Waals surface area (Å²) in [5.41, 5.74) is 1.85. The number of amides is 1. The molecule has 0 aliphatic rings. The number of nitrogens with one attached hydrogen (secondary N) is 2. The summed E-state index contributed by atoms with van der Waals surface area (Å²) in [5.74, 6) is 1.65. The first-order valence-electron chi connectivity index (χ1n) is 8.65. The molecule has 0 unspecified atom stereocenters. The zero-order valence-electron chi connectivity index (χ0n) is 15.4. The van der Waals surface area contributed by atoms with Gasteiger partial charge < -0.3 is 14.8 Å². The van der Waals surface area contributed by atoms with Crippen molar-refractivity contribution < 1.29 is 14.3 Å². The van der Waals surface area contributed by atoms with E-state index in [1.165, 1.54) is 0 Å². The summed E-state index contributed by atoms with van der Waals surface area (Å²) in [6, 6.07) is 11.0. The maximum absolute atomic E-state index is 11.5. The first kappa shape index (κ1) is 18.4. The fourth-order valence-electron chi connectivity index (χ4n) is 2.37. The molecule has 0 aliphatic heterocycles. The molecule has 0 aliphatic carbocycles. The van der Waals surface area contributed by atoms with Gasteiger partial charge in [-0.15, -0.1) is 0 Å². The molecule has 140 valence electrons. The van der Waals surface area contributed by atoms with Crippen LogP contribution in [0.5, 0.6) is 5.75 Å². The Morgan fingerprint density at radius 1 is 1.15 bits per heavy atom. The van der Waals surface area contributed by atoms with Gasteiger partial charge in [0.25, 0.3) is 0 Å². The van der Waals surface area contributed by atoms with Gasteiger partial charge in [-0.3, -0.25) is 5.32 Å². The standard InChI is InChI=1S/C19H21N5O3/c1-4-26-19(25)24-16-9-8-15-18(22-16)23-17(11-20-15)21-13-6-5-7-14(10-13)27-12(2)3/h5-12H,4H2,1-3H3,(H2,21,22,23,24,25). The Morgan fingerprint density at radius 3 is 2.74 bits per heavy atom. The van der Waals surface area contributed by atoms with Crippen molar-refractivity contribution in [3.05, 3.63) is 42.6 Å². The third-order valence-electron chi connectivity index (χ3n) is 3.39. The molecule has 0 atom stereocenters. The maximum atomic E-state index is 11.5. The lowest BCUT2D eigenvalue weighted by molar-refractivity contribution is 0.168. The fourth-order valence-corrected chi connectivity index (χ4v) is 2.37. The van der Waals surface area contributed by atoms with E-state index in [1.807, 2.05) is 38.1 Å². The summed E-state index contributed by atoms with van der Waals surface area (Å²) in [7, 11) is 0. The van der Waals surface area contributed by atoms with Crippen LogP contribution in [-0.2, 0) is 4.74 Å². The number of anilines is 3. The molecule has 0 bridgehead atoms. The number of ether oxygens (including phenoxy) is 2. The van der Waals surface area contributed by atoms with Crippen molar-refractivity contribution in [2.45, 2.75) is 26.9 Å². The van der Waals surface area contributed by atoms with E-state index in [4.69, 9.17) is 9.47 Å². The number of carbonyl (C=O) groups is 1. The number of nitrogens with zero attached hydrogens (tertiary/aromatic N) is 3. The van der Waals surface area contributed by atoms with Gasteiger partial charge in [0.2, 0.25) is 0 Å². The van der Waals surface area contributed by atoms with E-state index < -0.39 is 6.09 Å². The Labute approximate surface area is 157 Å². The van der Waals surface area contributed by atoms with Gasteiger partial charge in [-0.25, -0.2) is 19.7 Å². The van der Waals surface area contributed by atoms with Gasteiger partial charge in [-0.2, -0.15) is 0 Å². The Hall–Kier alpha value is -3.42. The number of carbonyl (C=O) groups excluding carboxylic acids is 1. The summed E-state index contributed by atoms with van der Waals surface area (Å²) in [6.45, 7) is 5.97. The molecule has 2 aromatic heterocycles. The van der Waals surface area contributed by atoms with Crippen molar-refractivity contribution in [1.29, 1.82) is 0 Å². The largest absolute Gasteiger partial charge is 0.491 e. The van der Waals surface area contributed by atoms with E-state index in [0.717, 1.165) is 11.4 Å². The lowest BCUT2D eigenvalue weighted by Crippen LogP contribution is -2.14. The lowest BCUT2D eigenvalue weighted by atomic mass is 10.3. The summed E-state index contributed by atoms with van der Waals surface area (Å²) in [5, 5.41) is 5.74. The highest BCUT2D eigenvalue weighted by Gasteiger charge is 2.07. The molecule has 8 heteroatoms. The van der Waals surface area contributed by atoms with Crippen LogP contribution in [0.3, 0.4) is 0 Å². The average molecular weight is 367 g/mol. The molecule has 27 heavy (non-hydrogen) atoms. The van der Waals surface area contributed by atoms with Crippen LogP contribution in [0, 0.1) is 0 Å². The first-order chi connectivity index (χ1) is 13.0. The van der Waals surface area contributed by atoms with Gasteiger partial charge in [0.1, 0.15) is 17.1 Å². The second-order valence-electron chi connectivity index (χ2n) is 5.96. The molecule has 0 saturated heterocycles. The highest BCUT2D eigenvalue weighted by Crippen LogP contribution is 2.22. The molecule has 0 fully saturated rings. The van der Waals surface area contributed by atoms with Crippen LogP contribution in [0.25, 0.3) is 11.2 Å². The van der Waals surface area contributed by atoms with E-state index in [1.54, 1.807) is 25.3 Å². The molecule has 2 heterocycles. The molecule has 1 amide bonds. The Morgan fingerprint density at radius 2 is 1.96 bits per heavy atom. The van der Waals surface area contributed by atoms with E-state index in [0.29, 0.717) is 22.8 Å². The van der Waals surface area contributed by atoms with E-state index in [9.17, 15) is 4.79 Å². The predicted octanol–water partition coefficient (Wildman–Crippen LogP) is 4.12. The van der Waals surface area contributed by atoms with Crippen LogP contribution < -0.4 is 15.4 Å². The summed E-state index contributed by atoms with van der Waals surface area (Å²) >= 11 is 0. The fraction of sp³-hybridized carbons (Fsp3) is 0.263. The highest BCUT2D eigenvalue weighted by atomic mass is 16.5. The number of rotatable bonds is 6. The van der Waals surface area contributed by atoms with Gasteiger partial charge in [-0.05, 0) is 45.0 Å². The van der Waals surface area contributed by atoms with Gasteiger partial charge >= 0.3 is 6.09 Å². The Balaban J connectivity index is 1.80. The van der Waals surface area contributed by atoms with Gasteiger partial charge in [-0.1, -0.05) is 6.07 Å². The van der Waals surface area contributed by atoms with Crippen molar-refractivity contribution in [2.24, 2.45) is 0 Å². The molecular formula is C19H21N5O3. The summed E-state index contributed by atoms with van der Waals surface area (Å²) < 4.78 is 10.5. The van der Waals surface area contributed by atoms with Crippen LogP contribution in [-0.4, -0.2) is 33.8 Å². The van der Waals surface area contributed by atoms with Gasteiger partial charge in [0, 0.05) is 11.8 Å². The van der Waals surface area contributed by atoms with Crippen molar-refractivity contribution in [3.8, 4) is 5.75 Å². The average Bonchev–Trinajstić information content (AvgIpc) is 2.61.